The van der Waals surface area contributed by atoms with Crippen LogP contribution in [0.1, 0.15) is 309 Å². The van der Waals surface area contributed by atoms with Crippen molar-refractivity contribution in [2.45, 2.75) is 309 Å². The molecule has 458 valence electrons. The first-order valence-electron chi connectivity index (χ1n) is 37.6. The van der Waals surface area contributed by atoms with Crippen LogP contribution < -0.4 is 0 Å². The Hall–Kier alpha value is -0.780. The van der Waals surface area contributed by atoms with E-state index in [-0.39, 0.29) is 0 Å². The number of hydrogen-bond donors (Lipinski definition) is 0. The van der Waals surface area contributed by atoms with Crippen molar-refractivity contribution in [3.63, 3.8) is 0 Å². The van der Waals surface area contributed by atoms with E-state index in [1.54, 1.807) is 0 Å². The molecule has 10 unspecified atom stereocenters. The van der Waals surface area contributed by atoms with Crippen LogP contribution >= 0.6 is 0 Å². The summed E-state index contributed by atoms with van der Waals surface area (Å²) in [7, 11) is 0. The molecule has 0 saturated heterocycles. The fourth-order valence-corrected chi connectivity index (χ4v) is 28.0. The monoisotopic (exact) mass is 1110 g/mol. The highest BCUT2D eigenvalue weighted by Crippen LogP contribution is 2.74. The Kier molecular flexibility index (Phi) is 17.2. The minimum Gasteiger partial charge on any atom is -0.0845 e. The molecular weight excluding hydrogens is 973 g/mol. The highest BCUT2D eigenvalue weighted by Gasteiger charge is 2.65. The number of allylic oxidation sites excluding steroid dienone is 6. The second-order valence-electron chi connectivity index (χ2n) is 37.1. The van der Waals surface area contributed by atoms with Gasteiger partial charge in [-0.15, -0.1) is 0 Å². The SMILES string of the molecule is CC(C)CCC[C@@H](C)[C@H]1CC[C@H]2[C@@H]3CC=C4CC(C5CC[C@@]6(C)C(=CCC7C6CC[C@@]6(C)C7CC[C@@H]6[C@H](C)CCCC(C)C)C5)C(C5CC[C@@]6(C)C(=CCC7C6CC[C@@]6(C)C7CC[C@@H]6[C@H](C)CCCC(C)C)C5)C[C@]4(C)[C@H]3CC[C@]12C. The summed E-state index contributed by atoms with van der Waals surface area (Å²) in [4.78, 5) is 0. The summed E-state index contributed by atoms with van der Waals surface area (Å²) >= 11 is 0. The second-order valence-corrected chi connectivity index (χ2v) is 37.1. The van der Waals surface area contributed by atoms with Crippen molar-refractivity contribution in [1.29, 1.82) is 0 Å². The third-order valence-corrected chi connectivity index (χ3v) is 32.4. The number of rotatable bonds is 17. The third kappa shape index (κ3) is 10.3. The molecule has 0 heterocycles. The summed E-state index contributed by atoms with van der Waals surface area (Å²) < 4.78 is 0. The molecule has 0 bridgehead atoms. The molecule has 12 aliphatic carbocycles. The Morgan fingerprint density at radius 1 is 0.333 bits per heavy atom. The van der Waals surface area contributed by atoms with E-state index in [9.17, 15) is 0 Å². The summed E-state index contributed by atoms with van der Waals surface area (Å²) in [5.41, 5.74) is 9.06. The molecule has 12 rings (SSSR count). The maximum absolute atomic E-state index is 3.02. The topological polar surface area (TPSA) is 0 Å². The molecule has 9 saturated carbocycles. The van der Waals surface area contributed by atoms with Crippen LogP contribution in [-0.2, 0) is 0 Å². The van der Waals surface area contributed by atoms with E-state index < -0.39 is 0 Å². The Morgan fingerprint density at radius 2 is 0.667 bits per heavy atom. The summed E-state index contributed by atoms with van der Waals surface area (Å²) in [6.07, 6.45) is 56.6. The van der Waals surface area contributed by atoms with Crippen LogP contribution in [0.15, 0.2) is 34.9 Å². The van der Waals surface area contributed by atoms with Crippen LogP contribution in [0.4, 0.5) is 0 Å². The highest BCUT2D eigenvalue weighted by molar-refractivity contribution is 5.32. The first-order chi connectivity index (χ1) is 38.5. The van der Waals surface area contributed by atoms with Crippen LogP contribution in [-0.4, -0.2) is 0 Å². The zero-order valence-electron chi connectivity index (χ0n) is 56.6. The Labute approximate surface area is 504 Å². The maximum Gasteiger partial charge on any atom is -0.00823 e. The van der Waals surface area contributed by atoms with Gasteiger partial charge in [0.25, 0.3) is 0 Å². The van der Waals surface area contributed by atoms with Gasteiger partial charge in [-0.2, -0.15) is 0 Å². The van der Waals surface area contributed by atoms with Gasteiger partial charge in [0.15, 0.2) is 0 Å². The average Bonchev–Trinajstić information content (AvgIpc) is 4.17. The molecule has 0 spiro atoms. The zero-order chi connectivity index (χ0) is 57.2. The van der Waals surface area contributed by atoms with Gasteiger partial charge in [-0.1, -0.05) is 197 Å². The van der Waals surface area contributed by atoms with Gasteiger partial charge in [0.1, 0.15) is 0 Å². The van der Waals surface area contributed by atoms with Gasteiger partial charge in [-0.3, -0.25) is 0 Å². The first kappa shape index (κ1) is 60.5. The predicted molar refractivity (Wildman–Crippen MR) is 348 cm³/mol. The summed E-state index contributed by atoms with van der Waals surface area (Å²) in [5.74, 6) is 20.2. The minimum atomic E-state index is 0.415. The summed E-state index contributed by atoms with van der Waals surface area (Å²) in [5, 5.41) is 0. The normalized spacial score (nSPS) is 49.2. The molecule has 0 aliphatic heterocycles. The lowest BCUT2D eigenvalue weighted by atomic mass is 9.42. The largest absolute Gasteiger partial charge is 0.0845 e. The molecule has 0 heteroatoms. The molecule has 25 atom stereocenters. The van der Waals surface area contributed by atoms with Crippen LogP contribution in [0.5, 0.6) is 0 Å². The van der Waals surface area contributed by atoms with Crippen molar-refractivity contribution in [2.24, 2.45) is 163 Å². The van der Waals surface area contributed by atoms with Crippen molar-refractivity contribution in [1.82, 2.24) is 0 Å². The van der Waals surface area contributed by atoms with Crippen molar-refractivity contribution in [3.05, 3.63) is 34.9 Å². The standard InChI is InChI=1S/C81H134/c1-51(2)19-16-22-54(7)67-31-34-70-62-28-25-59-47-57(37-42-76(59,10)73(62)39-44-78(67,70)12)65-49-61-27-30-64-72-36-33-69(56(9)24-18-21-53(5)6)80(72,14)46-41-75(64)81(61,15)50-66(65)58-38-43-77(11)60(48-58)26-29-63-71-35-32-68(55(8)23-17-20-52(3)4)79(71,13)45-40-74(63)77/h25-27,51-58,62-75H,16-24,28-50H2,1-15H3/t54-,55-,56-,57?,58?,62?,63?,64+,65?,66?,67-,68-,69-,70?,71?,72+,73?,74?,75+,76+,77+,78-,79-,80-,81+/m1/s1. The van der Waals surface area contributed by atoms with E-state index in [2.05, 4.69) is 122 Å². The lowest BCUT2D eigenvalue weighted by Gasteiger charge is -2.63. The lowest BCUT2D eigenvalue weighted by molar-refractivity contribution is -0.0820. The fraction of sp³-hybridized carbons (Fsp3) is 0.926. The van der Waals surface area contributed by atoms with Crippen LogP contribution in [0.3, 0.4) is 0 Å². The van der Waals surface area contributed by atoms with Crippen LogP contribution in [0.25, 0.3) is 0 Å². The van der Waals surface area contributed by atoms with E-state index in [1.165, 1.54) is 205 Å². The molecule has 0 aromatic rings. The lowest BCUT2D eigenvalue weighted by Crippen LogP contribution is -2.54. The molecule has 0 aromatic carbocycles. The predicted octanol–water partition coefficient (Wildman–Crippen LogP) is 24.2. The number of fused-ring (bicyclic) bond motifs is 15. The van der Waals surface area contributed by atoms with Gasteiger partial charge in [-0.05, 0) is 310 Å². The molecule has 0 N–H and O–H groups in total. The Morgan fingerprint density at radius 3 is 1.02 bits per heavy atom. The van der Waals surface area contributed by atoms with Gasteiger partial charge in [0.2, 0.25) is 0 Å². The average molecular weight is 1110 g/mol. The summed E-state index contributed by atoms with van der Waals surface area (Å²) in [6.45, 7) is 39.9. The van der Waals surface area contributed by atoms with Crippen molar-refractivity contribution < 1.29 is 0 Å². The molecular formula is C81H134. The highest BCUT2D eigenvalue weighted by atomic mass is 14.7. The smallest absolute Gasteiger partial charge is 0.00823 e. The molecule has 0 nitrogen and oxygen atoms in total. The molecule has 12 aliphatic rings. The quantitative estimate of drug-likeness (QED) is 0.127. The Balaban J connectivity index is 0.798. The van der Waals surface area contributed by atoms with Gasteiger partial charge in [0, 0.05) is 0 Å². The van der Waals surface area contributed by atoms with E-state index in [0.717, 1.165) is 130 Å². The van der Waals surface area contributed by atoms with E-state index in [4.69, 9.17) is 0 Å². The van der Waals surface area contributed by atoms with Crippen molar-refractivity contribution >= 4 is 0 Å². The zero-order valence-corrected chi connectivity index (χ0v) is 56.6. The van der Waals surface area contributed by atoms with E-state index in [0.29, 0.717) is 32.5 Å². The summed E-state index contributed by atoms with van der Waals surface area (Å²) in [6, 6.07) is 0. The van der Waals surface area contributed by atoms with Crippen molar-refractivity contribution in [2.75, 3.05) is 0 Å². The van der Waals surface area contributed by atoms with Gasteiger partial charge in [-0.25, -0.2) is 0 Å². The second kappa shape index (κ2) is 23.0. The molecule has 0 radical (unpaired) electrons. The van der Waals surface area contributed by atoms with E-state index >= 15 is 0 Å². The molecule has 0 aromatic heterocycles. The minimum absolute atomic E-state index is 0.415. The first-order valence-corrected chi connectivity index (χ1v) is 37.6. The maximum atomic E-state index is 3.02. The van der Waals surface area contributed by atoms with Gasteiger partial charge >= 0.3 is 0 Å². The molecule has 9 fully saturated rings. The fourth-order valence-electron chi connectivity index (χ4n) is 28.0. The van der Waals surface area contributed by atoms with Gasteiger partial charge < -0.3 is 0 Å². The number of hydrogen-bond acceptors (Lipinski definition) is 0. The van der Waals surface area contributed by atoms with E-state index in [1.807, 2.05) is 16.7 Å². The van der Waals surface area contributed by atoms with Gasteiger partial charge in [0.05, 0.1) is 0 Å². The Bertz CT molecular complexity index is 2280. The third-order valence-electron chi connectivity index (χ3n) is 32.4. The van der Waals surface area contributed by atoms with Crippen LogP contribution in [0, 0.1) is 163 Å². The van der Waals surface area contributed by atoms with Crippen LogP contribution in [0.2, 0.25) is 0 Å². The van der Waals surface area contributed by atoms with Crippen molar-refractivity contribution in [3.8, 4) is 0 Å². The molecule has 0 amide bonds. The molecule has 81 heavy (non-hydrogen) atoms.